The van der Waals surface area contributed by atoms with Gasteiger partial charge in [0.25, 0.3) is 5.56 Å². The number of hydrogen-bond acceptors (Lipinski definition) is 7. The lowest BCUT2D eigenvalue weighted by atomic mass is 10.0. The molecule has 4 aromatic rings. The quantitative estimate of drug-likeness (QED) is 0.300. The first-order chi connectivity index (χ1) is 18.0. The summed E-state index contributed by atoms with van der Waals surface area (Å²) in [5.74, 6) is 0.207. The molecule has 0 radical (unpaired) electrons. The lowest BCUT2D eigenvalue weighted by Crippen LogP contribution is -2.39. The van der Waals surface area contributed by atoms with E-state index in [1.165, 1.54) is 22.7 Å². The number of esters is 1. The van der Waals surface area contributed by atoms with E-state index in [9.17, 15) is 9.59 Å². The SMILES string of the molecule is CCOC(=O)C1=C(C)N=c2s/c(=C/c3cccc(OCc4ccccc4Cl)c3)c(=O)n2[C@H]1c1cccs1. The number of thiophene rings is 1. The fraction of sp³-hybridized carbons (Fsp3) is 0.179. The Hall–Kier alpha value is -3.46. The smallest absolute Gasteiger partial charge is 0.338 e. The Morgan fingerprint density at radius 1 is 1.16 bits per heavy atom. The largest absolute Gasteiger partial charge is 0.489 e. The lowest BCUT2D eigenvalue weighted by molar-refractivity contribution is -0.139. The maximum atomic E-state index is 13.7. The molecule has 0 bridgehead atoms. The van der Waals surface area contributed by atoms with Crippen molar-refractivity contribution in [1.82, 2.24) is 4.57 Å². The van der Waals surface area contributed by atoms with Crippen molar-refractivity contribution in [3.8, 4) is 5.75 Å². The van der Waals surface area contributed by atoms with Gasteiger partial charge >= 0.3 is 5.97 Å². The predicted octanol–water partition coefficient (Wildman–Crippen LogP) is 5.09. The van der Waals surface area contributed by atoms with Gasteiger partial charge in [0.1, 0.15) is 18.4 Å². The topological polar surface area (TPSA) is 69.9 Å². The average Bonchev–Trinajstić information content (AvgIpc) is 3.52. The normalized spacial score (nSPS) is 15.3. The Balaban J connectivity index is 1.52. The summed E-state index contributed by atoms with van der Waals surface area (Å²) < 4.78 is 13.4. The van der Waals surface area contributed by atoms with Gasteiger partial charge in [0, 0.05) is 15.5 Å². The van der Waals surface area contributed by atoms with Crippen LogP contribution >= 0.6 is 34.3 Å². The Labute approximate surface area is 226 Å². The highest BCUT2D eigenvalue weighted by molar-refractivity contribution is 7.10. The molecule has 9 heteroatoms. The van der Waals surface area contributed by atoms with Crippen molar-refractivity contribution in [2.24, 2.45) is 4.99 Å². The highest BCUT2D eigenvalue weighted by Gasteiger charge is 2.33. The van der Waals surface area contributed by atoms with E-state index in [1.54, 1.807) is 18.4 Å². The van der Waals surface area contributed by atoms with E-state index < -0.39 is 12.0 Å². The van der Waals surface area contributed by atoms with E-state index in [4.69, 9.17) is 21.1 Å². The van der Waals surface area contributed by atoms with Gasteiger partial charge in [-0.15, -0.1) is 11.3 Å². The standard InChI is InChI=1S/C28H23ClN2O4S2/c1-3-34-27(33)24-17(2)30-28-31(25(24)22-12-7-13-36-22)26(32)23(37-28)15-18-8-6-10-20(14-18)35-16-19-9-4-5-11-21(19)29/h4-15,25H,3,16H2,1-2H3/b23-15+/t25-/m0/s1. The number of fused-ring (bicyclic) bond motifs is 1. The summed E-state index contributed by atoms with van der Waals surface area (Å²) in [6, 6.07) is 18.3. The van der Waals surface area contributed by atoms with Crippen LogP contribution in [0.15, 0.2) is 87.1 Å². The van der Waals surface area contributed by atoms with Crippen LogP contribution in [0.1, 0.15) is 35.9 Å². The number of carbonyl (C=O) groups is 1. The highest BCUT2D eigenvalue weighted by atomic mass is 35.5. The van der Waals surface area contributed by atoms with Crippen molar-refractivity contribution in [3.63, 3.8) is 0 Å². The maximum Gasteiger partial charge on any atom is 0.338 e. The zero-order valence-corrected chi connectivity index (χ0v) is 22.5. The molecule has 1 aliphatic rings. The van der Waals surface area contributed by atoms with Crippen molar-refractivity contribution in [3.05, 3.63) is 118 Å². The monoisotopic (exact) mass is 550 g/mol. The fourth-order valence-corrected chi connectivity index (χ4v) is 6.19. The molecule has 0 unspecified atom stereocenters. The van der Waals surface area contributed by atoms with Gasteiger partial charge in [-0.1, -0.05) is 59.3 Å². The first-order valence-electron chi connectivity index (χ1n) is 11.7. The van der Waals surface area contributed by atoms with E-state index in [0.717, 1.165) is 16.0 Å². The van der Waals surface area contributed by atoms with Crippen LogP contribution in [0.4, 0.5) is 0 Å². The molecular formula is C28H23ClN2O4S2. The number of ether oxygens (including phenoxy) is 2. The molecule has 5 rings (SSSR count). The maximum absolute atomic E-state index is 13.7. The molecule has 0 aliphatic carbocycles. The van der Waals surface area contributed by atoms with Gasteiger partial charge in [-0.25, -0.2) is 9.79 Å². The van der Waals surface area contributed by atoms with Gasteiger partial charge in [-0.05, 0) is 55.1 Å². The van der Waals surface area contributed by atoms with Crippen LogP contribution in [0.5, 0.6) is 5.75 Å². The van der Waals surface area contributed by atoms with E-state index in [1.807, 2.05) is 72.1 Å². The minimum absolute atomic E-state index is 0.209. The molecule has 1 atom stereocenters. The third-order valence-electron chi connectivity index (χ3n) is 5.84. The minimum atomic E-state index is -0.581. The molecule has 2 aromatic heterocycles. The summed E-state index contributed by atoms with van der Waals surface area (Å²) in [7, 11) is 0. The van der Waals surface area contributed by atoms with Crippen LogP contribution < -0.4 is 19.6 Å². The second-order valence-corrected chi connectivity index (χ2v) is 10.7. The van der Waals surface area contributed by atoms with E-state index in [2.05, 4.69) is 4.99 Å². The number of rotatable bonds is 7. The number of allylic oxidation sites excluding steroid dienone is 1. The molecule has 1 aliphatic heterocycles. The van der Waals surface area contributed by atoms with E-state index >= 15 is 0 Å². The number of aromatic nitrogens is 1. The summed E-state index contributed by atoms with van der Waals surface area (Å²) in [4.78, 5) is 32.6. The molecule has 0 N–H and O–H groups in total. The third kappa shape index (κ3) is 5.18. The van der Waals surface area contributed by atoms with Crippen LogP contribution in [-0.2, 0) is 16.1 Å². The first kappa shape index (κ1) is 25.2. The molecule has 0 fully saturated rings. The van der Waals surface area contributed by atoms with Crippen molar-refractivity contribution in [1.29, 1.82) is 0 Å². The van der Waals surface area contributed by atoms with Gasteiger partial charge < -0.3 is 9.47 Å². The molecular weight excluding hydrogens is 528 g/mol. The molecule has 188 valence electrons. The molecule has 0 amide bonds. The molecule has 37 heavy (non-hydrogen) atoms. The summed E-state index contributed by atoms with van der Waals surface area (Å²) in [6.07, 6.45) is 1.82. The van der Waals surface area contributed by atoms with Crippen molar-refractivity contribution < 1.29 is 14.3 Å². The van der Waals surface area contributed by atoms with Crippen LogP contribution in [0.3, 0.4) is 0 Å². The summed E-state index contributed by atoms with van der Waals surface area (Å²) in [5.41, 5.74) is 2.44. The summed E-state index contributed by atoms with van der Waals surface area (Å²) in [6.45, 7) is 4.12. The Morgan fingerprint density at radius 3 is 2.76 bits per heavy atom. The zero-order valence-electron chi connectivity index (χ0n) is 20.1. The third-order valence-corrected chi connectivity index (χ3v) is 8.11. The number of thiazole rings is 1. The first-order valence-corrected chi connectivity index (χ1v) is 13.7. The Morgan fingerprint density at radius 2 is 2.00 bits per heavy atom. The average molecular weight is 551 g/mol. The number of carbonyl (C=O) groups excluding carboxylic acids is 1. The van der Waals surface area contributed by atoms with Gasteiger partial charge in [0.2, 0.25) is 0 Å². The number of benzene rings is 2. The van der Waals surface area contributed by atoms with Gasteiger partial charge in [-0.3, -0.25) is 9.36 Å². The predicted molar refractivity (Wildman–Crippen MR) is 147 cm³/mol. The number of halogens is 1. The van der Waals surface area contributed by atoms with Crippen LogP contribution in [0.25, 0.3) is 6.08 Å². The summed E-state index contributed by atoms with van der Waals surface area (Å²) in [5, 5.41) is 2.58. The van der Waals surface area contributed by atoms with Gasteiger partial charge in [-0.2, -0.15) is 0 Å². The fourth-order valence-electron chi connectivity index (χ4n) is 4.13. The van der Waals surface area contributed by atoms with Crippen LogP contribution in [0, 0.1) is 0 Å². The second-order valence-electron chi connectivity index (χ2n) is 8.27. The van der Waals surface area contributed by atoms with Gasteiger partial charge in [0.15, 0.2) is 4.80 Å². The molecule has 3 heterocycles. The van der Waals surface area contributed by atoms with E-state index in [0.29, 0.717) is 38.0 Å². The molecule has 0 spiro atoms. The van der Waals surface area contributed by atoms with Crippen LogP contribution in [-0.4, -0.2) is 17.1 Å². The molecule has 2 aromatic carbocycles. The van der Waals surface area contributed by atoms with Crippen molar-refractivity contribution >= 4 is 46.3 Å². The second kappa shape index (κ2) is 10.9. The van der Waals surface area contributed by atoms with E-state index in [-0.39, 0.29) is 12.2 Å². The Kier molecular flexibility index (Phi) is 7.41. The highest BCUT2D eigenvalue weighted by Crippen LogP contribution is 2.33. The number of nitrogens with zero attached hydrogens (tertiary/aromatic N) is 2. The van der Waals surface area contributed by atoms with Crippen molar-refractivity contribution in [2.75, 3.05) is 6.61 Å². The molecule has 0 saturated heterocycles. The lowest BCUT2D eigenvalue weighted by Gasteiger charge is -2.23. The summed E-state index contributed by atoms with van der Waals surface area (Å²) >= 11 is 9.02. The zero-order chi connectivity index (χ0) is 25.9. The Bertz CT molecular complexity index is 1670. The molecule has 0 saturated carbocycles. The van der Waals surface area contributed by atoms with Crippen LogP contribution in [0.2, 0.25) is 5.02 Å². The minimum Gasteiger partial charge on any atom is -0.489 e. The molecule has 6 nitrogen and oxygen atoms in total. The number of hydrogen-bond donors (Lipinski definition) is 0. The van der Waals surface area contributed by atoms with Gasteiger partial charge in [0.05, 0.1) is 22.4 Å². The van der Waals surface area contributed by atoms with Crippen molar-refractivity contribution in [2.45, 2.75) is 26.5 Å².